The maximum absolute atomic E-state index is 6.16. The lowest BCUT2D eigenvalue weighted by molar-refractivity contribution is 0.298. The summed E-state index contributed by atoms with van der Waals surface area (Å²) in [6.45, 7) is 9.71. The van der Waals surface area contributed by atoms with Crippen molar-refractivity contribution < 1.29 is 0 Å². The van der Waals surface area contributed by atoms with E-state index in [2.05, 4.69) is 46.1 Å². The minimum atomic E-state index is 0.820. The van der Waals surface area contributed by atoms with Crippen molar-refractivity contribution in [3.8, 4) is 0 Å². The second-order valence-corrected chi connectivity index (χ2v) is 5.62. The molecule has 0 spiro atoms. The van der Waals surface area contributed by atoms with Gasteiger partial charge < -0.3 is 10.2 Å². The third-order valence-electron chi connectivity index (χ3n) is 3.05. The van der Waals surface area contributed by atoms with Crippen molar-refractivity contribution >= 4 is 27.5 Å². The molecule has 1 rings (SSSR count). The molecule has 0 heterocycles. The predicted molar refractivity (Wildman–Crippen MR) is 83.3 cm³/mol. The molecule has 0 unspecified atom stereocenters. The van der Waals surface area contributed by atoms with E-state index in [0.29, 0.717) is 0 Å². The van der Waals surface area contributed by atoms with Crippen LogP contribution in [-0.4, -0.2) is 31.1 Å². The van der Waals surface area contributed by atoms with E-state index in [4.69, 9.17) is 11.6 Å². The van der Waals surface area contributed by atoms with E-state index in [1.807, 2.05) is 12.1 Å². The van der Waals surface area contributed by atoms with Crippen LogP contribution in [0.2, 0.25) is 5.02 Å². The van der Waals surface area contributed by atoms with Crippen LogP contribution in [0.4, 0.5) is 0 Å². The highest BCUT2D eigenvalue weighted by atomic mass is 79.9. The summed E-state index contributed by atoms with van der Waals surface area (Å²) in [6.07, 6.45) is 1.18. The minimum Gasteiger partial charge on any atom is -0.313 e. The van der Waals surface area contributed by atoms with Crippen molar-refractivity contribution in [3.05, 3.63) is 33.3 Å². The first-order valence-corrected chi connectivity index (χ1v) is 7.71. The molecule has 0 aliphatic carbocycles. The largest absolute Gasteiger partial charge is 0.313 e. The summed E-state index contributed by atoms with van der Waals surface area (Å²) in [6, 6.07) is 6.02. The second kappa shape index (κ2) is 8.92. The molecule has 0 bridgehead atoms. The first kappa shape index (κ1) is 16.0. The molecule has 0 aliphatic heterocycles. The Bertz CT molecular complexity index is 354. The lowest BCUT2D eigenvalue weighted by atomic mass is 10.2. The van der Waals surface area contributed by atoms with E-state index >= 15 is 0 Å². The van der Waals surface area contributed by atoms with Crippen molar-refractivity contribution in [2.45, 2.75) is 26.8 Å². The molecular formula is C14H22BrClN2. The Hall–Kier alpha value is -0.0900. The highest BCUT2D eigenvalue weighted by Gasteiger charge is 2.01. The van der Waals surface area contributed by atoms with Gasteiger partial charge in [-0.05, 0) is 50.3 Å². The predicted octanol–water partition coefficient (Wildman–Crippen LogP) is 3.92. The highest BCUT2D eigenvalue weighted by molar-refractivity contribution is 9.10. The van der Waals surface area contributed by atoms with Crippen LogP contribution in [0.5, 0.6) is 0 Å². The molecule has 18 heavy (non-hydrogen) atoms. The Morgan fingerprint density at radius 3 is 2.61 bits per heavy atom. The van der Waals surface area contributed by atoms with Gasteiger partial charge in [-0.1, -0.05) is 47.4 Å². The van der Waals surface area contributed by atoms with Crippen LogP contribution in [0, 0.1) is 0 Å². The molecule has 0 radical (unpaired) electrons. The van der Waals surface area contributed by atoms with Crippen molar-refractivity contribution in [2.75, 3.05) is 26.2 Å². The van der Waals surface area contributed by atoms with E-state index in [-0.39, 0.29) is 0 Å². The lowest BCUT2D eigenvalue weighted by Crippen LogP contribution is -2.27. The normalized spacial score (nSPS) is 11.2. The monoisotopic (exact) mass is 332 g/mol. The highest BCUT2D eigenvalue weighted by Crippen LogP contribution is 2.20. The van der Waals surface area contributed by atoms with Gasteiger partial charge in [-0.2, -0.15) is 0 Å². The molecule has 0 fully saturated rings. The van der Waals surface area contributed by atoms with Crippen LogP contribution in [-0.2, 0) is 6.54 Å². The Kier molecular flexibility index (Phi) is 7.91. The van der Waals surface area contributed by atoms with Crippen LogP contribution < -0.4 is 5.32 Å². The van der Waals surface area contributed by atoms with Gasteiger partial charge in [-0.25, -0.2) is 0 Å². The van der Waals surface area contributed by atoms with Gasteiger partial charge in [0.2, 0.25) is 0 Å². The zero-order valence-electron chi connectivity index (χ0n) is 11.2. The van der Waals surface area contributed by atoms with Crippen molar-refractivity contribution in [2.24, 2.45) is 0 Å². The van der Waals surface area contributed by atoms with Crippen LogP contribution in [0.25, 0.3) is 0 Å². The van der Waals surface area contributed by atoms with Gasteiger partial charge >= 0.3 is 0 Å². The fourth-order valence-electron chi connectivity index (χ4n) is 1.86. The van der Waals surface area contributed by atoms with Crippen molar-refractivity contribution in [3.63, 3.8) is 0 Å². The Balaban J connectivity index is 2.21. The quantitative estimate of drug-likeness (QED) is 0.725. The summed E-state index contributed by atoms with van der Waals surface area (Å²) in [7, 11) is 0. The maximum Gasteiger partial charge on any atom is 0.0462 e. The summed E-state index contributed by atoms with van der Waals surface area (Å²) >= 11 is 9.57. The summed E-state index contributed by atoms with van der Waals surface area (Å²) in [5.41, 5.74) is 1.16. The van der Waals surface area contributed by atoms with Crippen LogP contribution >= 0.6 is 27.5 Å². The summed E-state index contributed by atoms with van der Waals surface area (Å²) in [4.78, 5) is 2.44. The number of halogens is 2. The molecule has 0 saturated heterocycles. The number of hydrogen-bond acceptors (Lipinski definition) is 2. The third kappa shape index (κ3) is 5.70. The fourth-order valence-corrected chi connectivity index (χ4v) is 2.60. The molecule has 0 atom stereocenters. The van der Waals surface area contributed by atoms with Crippen LogP contribution in [0.3, 0.4) is 0 Å². The van der Waals surface area contributed by atoms with E-state index in [0.717, 1.165) is 47.8 Å². The summed E-state index contributed by atoms with van der Waals surface area (Å²) < 4.78 is 1.03. The SMILES string of the molecule is CCN(CC)CCCNCc1ccc(Br)cc1Cl. The molecule has 1 aromatic rings. The molecule has 0 saturated carbocycles. The van der Waals surface area contributed by atoms with Crippen molar-refractivity contribution in [1.82, 2.24) is 10.2 Å². The van der Waals surface area contributed by atoms with E-state index < -0.39 is 0 Å². The average Bonchev–Trinajstić information content (AvgIpc) is 2.36. The van der Waals surface area contributed by atoms with Crippen LogP contribution in [0.1, 0.15) is 25.8 Å². The fraction of sp³-hybridized carbons (Fsp3) is 0.571. The summed E-state index contributed by atoms with van der Waals surface area (Å²) in [5.74, 6) is 0. The van der Waals surface area contributed by atoms with Gasteiger partial charge in [0, 0.05) is 16.0 Å². The molecule has 1 N–H and O–H groups in total. The molecule has 0 aromatic heterocycles. The van der Waals surface area contributed by atoms with E-state index in [9.17, 15) is 0 Å². The van der Waals surface area contributed by atoms with Gasteiger partial charge in [0.25, 0.3) is 0 Å². The van der Waals surface area contributed by atoms with Crippen LogP contribution in [0.15, 0.2) is 22.7 Å². The number of nitrogens with one attached hydrogen (secondary N) is 1. The minimum absolute atomic E-state index is 0.820. The number of nitrogens with zero attached hydrogens (tertiary/aromatic N) is 1. The Labute approximate surface area is 124 Å². The molecular weight excluding hydrogens is 312 g/mol. The van der Waals surface area contributed by atoms with Crippen molar-refractivity contribution in [1.29, 1.82) is 0 Å². The second-order valence-electron chi connectivity index (χ2n) is 4.29. The van der Waals surface area contributed by atoms with Gasteiger partial charge in [0.05, 0.1) is 0 Å². The first-order chi connectivity index (χ1) is 8.67. The maximum atomic E-state index is 6.16. The van der Waals surface area contributed by atoms with Gasteiger partial charge in [0.15, 0.2) is 0 Å². The van der Waals surface area contributed by atoms with E-state index in [1.165, 1.54) is 6.42 Å². The number of rotatable bonds is 8. The lowest BCUT2D eigenvalue weighted by Gasteiger charge is -2.17. The van der Waals surface area contributed by atoms with Gasteiger partial charge in [-0.15, -0.1) is 0 Å². The Morgan fingerprint density at radius 2 is 2.00 bits per heavy atom. The third-order valence-corrected chi connectivity index (χ3v) is 3.90. The topological polar surface area (TPSA) is 15.3 Å². The molecule has 4 heteroatoms. The smallest absolute Gasteiger partial charge is 0.0462 e. The van der Waals surface area contributed by atoms with Gasteiger partial charge in [0.1, 0.15) is 0 Å². The zero-order chi connectivity index (χ0) is 13.4. The molecule has 1 aromatic carbocycles. The Morgan fingerprint density at radius 1 is 1.28 bits per heavy atom. The molecule has 102 valence electrons. The summed E-state index contributed by atoms with van der Waals surface area (Å²) in [5, 5.41) is 4.26. The van der Waals surface area contributed by atoms with Gasteiger partial charge in [-0.3, -0.25) is 0 Å². The number of benzene rings is 1. The number of hydrogen-bond donors (Lipinski definition) is 1. The molecule has 0 aliphatic rings. The molecule has 2 nitrogen and oxygen atoms in total. The molecule has 0 amide bonds. The average molecular weight is 334 g/mol. The standard InChI is InChI=1S/C14H22BrClN2/c1-3-18(4-2)9-5-8-17-11-12-6-7-13(15)10-14(12)16/h6-7,10,17H,3-5,8-9,11H2,1-2H3. The first-order valence-electron chi connectivity index (χ1n) is 6.54. The zero-order valence-corrected chi connectivity index (χ0v) is 13.5. The van der Waals surface area contributed by atoms with E-state index in [1.54, 1.807) is 0 Å².